The van der Waals surface area contributed by atoms with Gasteiger partial charge in [-0.2, -0.15) is 0 Å². The second-order valence-corrected chi connectivity index (χ2v) is 16.5. The van der Waals surface area contributed by atoms with Crippen LogP contribution < -0.4 is 5.32 Å². The van der Waals surface area contributed by atoms with Crippen LogP contribution in [-0.4, -0.2) is 73.4 Å². The average Bonchev–Trinajstić information content (AvgIpc) is 3.02. The summed E-state index contributed by atoms with van der Waals surface area (Å²) in [5, 5.41) is 13.7. The van der Waals surface area contributed by atoms with Gasteiger partial charge in [-0.1, -0.05) is 167 Å². The van der Waals surface area contributed by atoms with Crippen LogP contribution in [0.1, 0.15) is 181 Å². The van der Waals surface area contributed by atoms with E-state index < -0.39 is 20.0 Å². The van der Waals surface area contributed by atoms with E-state index in [1.807, 2.05) is 27.2 Å². The Morgan fingerprint density at radius 1 is 0.688 bits per heavy atom. The quantitative estimate of drug-likeness (QED) is 0.0260. The Kier molecular flexibility index (Phi) is 31.7. The zero-order chi connectivity index (χ0) is 35.8. The molecule has 0 aliphatic carbocycles. The second-order valence-electron chi connectivity index (χ2n) is 15.0. The number of hydrogen-bond donors (Lipinski definition) is 3. The van der Waals surface area contributed by atoms with Gasteiger partial charge in [-0.05, 0) is 19.3 Å². The first-order valence-corrected chi connectivity index (χ1v) is 21.6. The van der Waals surface area contributed by atoms with E-state index in [4.69, 9.17) is 9.05 Å². The minimum Gasteiger partial charge on any atom is -0.387 e. The summed E-state index contributed by atoms with van der Waals surface area (Å²) in [4.78, 5) is 22.9. The minimum atomic E-state index is -4.32. The van der Waals surface area contributed by atoms with E-state index in [0.29, 0.717) is 17.4 Å². The number of carbonyl (C=O) groups is 1. The van der Waals surface area contributed by atoms with E-state index in [0.717, 1.165) is 32.1 Å². The molecule has 0 aliphatic rings. The molecule has 8 nitrogen and oxygen atoms in total. The van der Waals surface area contributed by atoms with Crippen LogP contribution in [0.15, 0.2) is 12.2 Å². The van der Waals surface area contributed by atoms with Crippen LogP contribution in [0, 0.1) is 0 Å². The van der Waals surface area contributed by atoms with Gasteiger partial charge in [0.1, 0.15) is 13.2 Å². The molecule has 0 saturated heterocycles. The number of phosphoric acid groups is 1. The monoisotopic (exact) mass is 704 g/mol. The molecule has 0 rings (SSSR count). The minimum absolute atomic E-state index is 0.0640. The molecule has 3 atom stereocenters. The standard InChI is InChI=1S/C39H79N2O6P/c1-6-8-10-12-14-16-17-18-19-20-21-22-23-24-25-26-28-30-32-38(42)37(36-47-48(44,45)46-35-34-41(3,4)5)40-39(43)33-31-29-27-15-13-11-9-7-2/h30,32,37-38,42H,6-29,31,33-36H2,1-5H3,(H-,40,43,44,45)/p+1/b32-30+. The first-order chi connectivity index (χ1) is 23.0. The van der Waals surface area contributed by atoms with E-state index in [1.54, 1.807) is 6.08 Å². The van der Waals surface area contributed by atoms with E-state index in [-0.39, 0.29) is 19.1 Å². The molecular weight excluding hydrogens is 623 g/mol. The summed E-state index contributed by atoms with van der Waals surface area (Å²) in [6, 6.07) is -0.837. The van der Waals surface area contributed by atoms with Gasteiger partial charge in [0.15, 0.2) is 0 Å². The van der Waals surface area contributed by atoms with E-state index >= 15 is 0 Å². The number of unbranched alkanes of at least 4 members (excludes halogenated alkanes) is 23. The molecule has 1 amide bonds. The molecule has 0 aromatic carbocycles. The highest BCUT2D eigenvalue weighted by molar-refractivity contribution is 7.47. The van der Waals surface area contributed by atoms with Crippen molar-refractivity contribution in [2.45, 2.75) is 193 Å². The van der Waals surface area contributed by atoms with Crippen molar-refractivity contribution in [3.8, 4) is 0 Å². The van der Waals surface area contributed by atoms with Crippen molar-refractivity contribution < 1.29 is 32.9 Å². The molecule has 0 radical (unpaired) electrons. The summed E-state index contributed by atoms with van der Waals surface area (Å²) < 4.78 is 23.4. The molecule has 48 heavy (non-hydrogen) atoms. The molecule has 3 unspecified atom stereocenters. The Balaban J connectivity index is 4.39. The van der Waals surface area contributed by atoms with Crippen LogP contribution in [0.5, 0.6) is 0 Å². The predicted molar refractivity (Wildman–Crippen MR) is 203 cm³/mol. The third-order valence-electron chi connectivity index (χ3n) is 9.01. The third kappa shape index (κ3) is 33.7. The topological polar surface area (TPSA) is 105 Å². The highest BCUT2D eigenvalue weighted by Crippen LogP contribution is 2.43. The van der Waals surface area contributed by atoms with Gasteiger partial charge in [0.05, 0.1) is 39.9 Å². The Bertz CT molecular complexity index is 804. The molecule has 0 heterocycles. The van der Waals surface area contributed by atoms with Gasteiger partial charge in [0.25, 0.3) is 0 Å². The molecule has 0 spiro atoms. The Morgan fingerprint density at radius 3 is 1.54 bits per heavy atom. The van der Waals surface area contributed by atoms with Gasteiger partial charge in [-0.3, -0.25) is 13.8 Å². The van der Waals surface area contributed by atoms with Gasteiger partial charge in [-0.15, -0.1) is 0 Å². The van der Waals surface area contributed by atoms with Crippen LogP contribution in [0.4, 0.5) is 0 Å². The summed E-state index contributed by atoms with van der Waals surface area (Å²) in [7, 11) is 1.58. The van der Waals surface area contributed by atoms with Crippen molar-refractivity contribution in [2.75, 3.05) is 40.9 Å². The summed E-state index contributed by atoms with van der Waals surface area (Å²) in [5.41, 5.74) is 0. The maximum Gasteiger partial charge on any atom is 0.472 e. The Labute approximate surface area is 297 Å². The number of rotatable bonds is 36. The van der Waals surface area contributed by atoms with Crippen molar-refractivity contribution >= 4 is 13.7 Å². The zero-order valence-corrected chi connectivity index (χ0v) is 33.1. The van der Waals surface area contributed by atoms with E-state index in [9.17, 15) is 19.4 Å². The zero-order valence-electron chi connectivity index (χ0n) is 32.2. The highest BCUT2D eigenvalue weighted by atomic mass is 31.2. The first kappa shape index (κ1) is 47.2. The number of nitrogens with zero attached hydrogens (tertiary/aromatic N) is 1. The van der Waals surface area contributed by atoms with Crippen LogP contribution in [0.2, 0.25) is 0 Å². The molecule has 0 aromatic rings. The largest absolute Gasteiger partial charge is 0.472 e. The second kappa shape index (κ2) is 32.2. The summed E-state index contributed by atoms with van der Waals surface area (Å²) in [5.74, 6) is -0.182. The fraction of sp³-hybridized carbons (Fsp3) is 0.923. The van der Waals surface area contributed by atoms with E-state index in [2.05, 4.69) is 19.2 Å². The first-order valence-electron chi connectivity index (χ1n) is 20.1. The van der Waals surface area contributed by atoms with Crippen molar-refractivity contribution in [3.63, 3.8) is 0 Å². The summed E-state index contributed by atoms with van der Waals surface area (Å²) in [6.45, 7) is 4.78. The fourth-order valence-electron chi connectivity index (χ4n) is 5.75. The lowest BCUT2D eigenvalue weighted by Gasteiger charge is -2.25. The maximum absolute atomic E-state index is 12.7. The average molecular weight is 704 g/mol. The fourth-order valence-corrected chi connectivity index (χ4v) is 6.48. The Morgan fingerprint density at radius 2 is 1.10 bits per heavy atom. The van der Waals surface area contributed by atoms with Gasteiger partial charge in [0.2, 0.25) is 5.91 Å². The number of aliphatic hydroxyl groups is 1. The molecule has 286 valence electrons. The van der Waals surface area contributed by atoms with Crippen LogP contribution in [0.25, 0.3) is 0 Å². The molecule has 0 aliphatic heterocycles. The Hall–Kier alpha value is -0.760. The number of allylic oxidation sites excluding steroid dienone is 1. The van der Waals surface area contributed by atoms with Crippen molar-refractivity contribution in [2.24, 2.45) is 0 Å². The van der Waals surface area contributed by atoms with Gasteiger partial charge < -0.3 is 19.8 Å². The lowest BCUT2D eigenvalue weighted by atomic mass is 10.0. The molecule has 3 N–H and O–H groups in total. The number of aliphatic hydroxyl groups excluding tert-OH is 1. The van der Waals surface area contributed by atoms with E-state index in [1.165, 1.54) is 128 Å². The lowest BCUT2D eigenvalue weighted by molar-refractivity contribution is -0.870. The molecular formula is C39H80N2O6P+. The molecule has 0 saturated carbocycles. The number of nitrogens with one attached hydrogen (secondary N) is 1. The highest BCUT2D eigenvalue weighted by Gasteiger charge is 2.27. The number of quaternary nitrogens is 1. The van der Waals surface area contributed by atoms with Gasteiger partial charge >= 0.3 is 7.82 Å². The molecule has 9 heteroatoms. The maximum atomic E-state index is 12.7. The molecule has 0 fully saturated rings. The number of likely N-dealkylation sites (N-methyl/N-ethyl adjacent to an activating group) is 1. The van der Waals surface area contributed by atoms with Crippen molar-refractivity contribution in [1.82, 2.24) is 5.32 Å². The smallest absolute Gasteiger partial charge is 0.387 e. The van der Waals surface area contributed by atoms with Crippen LogP contribution in [0.3, 0.4) is 0 Å². The number of carbonyl (C=O) groups excluding carboxylic acids is 1. The predicted octanol–water partition coefficient (Wildman–Crippen LogP) is 10.4. The van der Waals surface area contributed by atoms with Gasteiger partial charge in [0, 0.05) is 6.42 Å². The summed E-state index contributed by atoms with van der Waals surface area (Å²) >= 11 is 0. The third-order valence-corrected chi connectivity index (χ3v) is 9.99. The van der Waals surface area contributed by atoms with Crippen LogP contribution in [-0.2, 0) is 18.4 Å². The summed E-state index contributed by atoms with van der Waals surface area (Å²) in [6.07, 6.45) is 34.3. The van der Waals surface area contributed by atoms with Crippen molar-refractivity contribution in [3.05, 3.63) is 12.2 Å². The number of hydrogen-bond acceptors (Lipinski definition) is 5. The SMILES string of the molecule is CCCCCCCCCCCCCCCCCC/C=C/C(O)C(COP(=O)(O)OCC[N+](C)(C)C)NC(=O)CCCCCCCCCC. The molecule has 0 bridgehead atoms. The lowest BCUT2D eigenvalue weighted by Crippen LogP contribution is -2.45. The van der Waals surface area contributed by atoms with Crippen LogP contribution >= 0.6 is 7.82 Å². The van der Waals surface area contributed by atoms with Gasteiger partial charge in [-0.25, -0.2) is 4.57 Å². The number of phosphoric ester groups is 1. The number of amides is 1. The van der Waals surface area contributed by atoms with Crippen molar-refractivity contribution in [1.29, 1.82) is 0 Å². The normalized spacial score (nSPS) is 14.7. The molecule has 0 aromatic heterocycles.